The van der Waals surface area contributed by atoms with Crippen molar-refractivity contribution < 1.29 is 8.78 Å². The van der Waals surface area contributed by atoms with E-state index in [1.165, 1.54) is 18.3 Å². The van der Waals surface area contributed by atoms with Crippen LogP contribution in [0.25, 0.3) is 10.8 Å². The van der Waals surface area contributed by atoms with E-state index in [2.05, 4.69) is 4.98 Å². The lowest BCUT2D eigenvalue weighted by atomic mass is 10.1. The van der Waals surface area contributed by atoms with Crippen molar-refractivity contribution in [1.82, 2.24) is 4.98 Å². The van der Waals surface area contributed by atoms with Gasteiger partial charge in [0.1, 0.15) is 11.6 Å². The summed E-state index contributed by atoms with van der Waals surface area (Å²) in [6, 6.07) is 3.71. The van der Waals surface area contributed by atoms with Crippen LogP contribution in [0.1, 0.15) is 19.5 Å². The Morgan fingerprint density at radius 3 is 2.40 bits per heavy atom. The summed E-state index contributed by atoms with van der Waals surface area (Å²) in [5.41, 5.74) is 0.635. The van der Waals surface area contributed by atoms with Gasteiger partial charge in [-0.15, -0.1) is 0 Å². The van der Waals surface area contributed by atoms with Gasteiger partial charge in [0.2, 0.25) is 0 Å². The molecule has 0 aliphatic rings. The molecular formula is C12H13F2N. The number of rotatable bonds is 0. The molecule has 0 amide bonds. The maximum absolute atomic E-state index is 13.2. The van der Waals surface area contributed by atoms with Gasteiger partial charge in [-0.1, -0.05) is 13.8 Å². The molecule has 1 aromatic carbocycles. The highest BCUT2D eigenvalue weighted by atomic mass is 19.1. The second kappa shape index (κ2) is 4.82. The number of aryl methyl sites for hydroxylation is 1. The predicted molar refractivity (Wildman–Crippen MR) is 57.7 cm³/mol. The summed E-state index contributed by atoms with van der Waals surface area (Å²) < 4.78 is 26.0. The van der Waals surface area contributed by atoms with Crippen molar-refractivity contribution in [3.8, 4) is 0 Å². The van der Waals surface area contributed by atoms with Crippen molar-refractivity contribution in [2.24, 2.45) is 0 Å². The number of aromatic nitrogens is 1. The molecule has 0 bridgehead atoms. The molecule has 0 N–H and O–H groups in total. The van der Waals surface area contributed by atoms with Crippen LogP contribution in [0.15, 0.2) is 24.4 Å². The van der Waals surface area contributed by atoms with Crippen molar-refractivity contribution in [2.75, 3.05) is 0 Å². The Balaban J connectivity index is 0.000000531. The average Bonchev–Trinajstić information content (AvgIpc) is 2.23. The Kier molecular flexibility index (Phi) is 3.72. The number of nitrogens with zero attached hydrogens (tertiary/aromatic N) is 1. The normalized spacial score (nSPS) is 9.67. The van der Waals surface area contributed by atoms with Gasteiger partial charge >= 0.3 is 0 Å². The van der Waals surface area contributed by atoms with Crippen LogP contribution < -0.4 is 0 Å². The monoisotopic (exact) mass is 209 g/mol. The first-order valence-corrected chi connectivity index (χ1v) is 4.89. The molecule has 0 radical (unpaired) electrons. The van der Waals surface area contributed by atoms with Crippen LogP contribution in [-0.4, -0.2) is 4.98 Å². The van der Waals surface area contributed by atoms with Crippen LogP contribution in [0, 0.1) is 18.6 Å². The van der Waals surface area contributed by atoms with Gasteiger partial charge in [0.05, 0.1) is 0 Å². The molecule has 3 heteroatoms. The topological polar surface area (TPSA) is 12.9 Å². The third kappa shape index (κ3) is 2.29. The van der Waals surface area contributed by atoms with Gasteiger partial charge in [-0.05, 0) is 19.1 Å². The molecule has 1 heterocycles. The number of halogens is 2. The van der Waals surface area contributed by atoms with E-state index in [1.807, 2.05) is 13.8 Å². The minimum absolute atomic E-state index is 0.411. The maximum Gasteiger partial charge on any atom is 0.134 e. The van der Waals surface area contributed by atoms with E-state index in [0.29, 0.717) is 16.5 Å². The summed E-state index contributed by atoms with van der Waals surface area (Å²) in [6.45, 7) is 5.72. The molecule has 0 aliphatic carbocycles. The molecule has 1 aromatic heterocycles. The molecule has 1 nitrogen and oxygen atoms in total. The molecule has 80 valence electrons. The first-order valence-electron chi connectivity index (χ1n) is 4.89. The van der Waals surface area contributed by atoms with Crippen molar-refractivity contribution in [3.05, 3.63) is 41.7 Å². The summed E-state index contributed by atoms with van der Waals surface area (Å²) in [5, 5.41) is 0.939. The fourth-order valence-electron chi connectivity index (χ4n) is 1.35. The molecule has 0 aliphatic heterocycles. The van der Waals surface area contributed by atoms with Gasteiger partial charge in [-0.25, -0.2) is 8.78 Å². The molecule has 2 rings (SSSR count). The van der Waals surface area contributed by atoms with Crippen molar-refractivity contribution in [3.63, 3.8) is 0 Å². The molecule has 15 heavy (non-hydrogen) atoms. The van der Waals surface area contributed by atoms with Crippen LogP contribution >= 0.6 is 0 Å². The second-order valence-electron chi connectivity index (χ2n) is 2.88. The first-order chi connectivity index (χ1) is 7.18. The second-order valence-corrected chi connectivity index (χ2v) is 2.88. The molecular weight excluding hydrogens is 196 g/mol. The molecule has 0 fully saturated rings. The highest BCUT2D eigenvalue weighted by Gasteiger charge is 2.05. The zero-order valence-electron chi connectivity index (χ0n) is 9.01. The quantitative estimate of drug-likeness (QED) is 0.642. The SMILES string of the molecule is CC.Cc1nccc2c(F)cc(F)cc12. The Morgan fingerprint density at radius 1 is 1.07 bits per heavy atom. The Labute approximate surface area is 87.8 Å². The lowest BCUT2D eigenvalue weighted by Gasteiger charge is -2.01. The van der Waals surface area contributed by atoms with Gasteiger partial charge in [0.15, 0.2) is 0 Å². The van der Waals surface area contributed by atoms with E-state index < -0.39 is 11.6 Å². The predicted octanol–water partition coefficient (Wildman–Crippen LogP) is 3.85. The van der Waals surface area contributed by atoms with E-state index in [4.69, 9.17) is 0 Å². The number of hydrogen-bond acceptors (Lipinski definition) is 1. The summed E-state index contributed by atoms with van der Waals surface area (Å²) in [6.07, 6.45) is 1.51. The third-order valence-corrected chi connectivity index (χ3v) is 1.99. The number of fused-ring (bicyclic) bond motifs is 1. The van der Waals surface area contributed by atoms with Crippen molar-refractivity contribution in [2.45, 2.75) is 20.8 Å². The molecule has 0 saturated heterocycles. The Bertz CT molecular complexity index is 466. The Morgan fingerprint density at radius 2 is 1.73 bits per heavy atom. The first kappa shape index (κ1) is 11.6. The van der Waals surface area contributed by atoms with Gasteiger partial charge in [-0.2, -0.15) is 0 Å². The summed E-state index contributed by atoms with van der Waals surface area (Å²) in [5.74, 6) is -1.11. The minimum Gasteiger partial charge on any atom is -0.261 e. The zero-order chi connectivity index (χ0) is 11.4. The van der Waals surface area contributed by atoms with Crippen LogP contribution in [0.2, 0.25) is 0 Å². The molecule has 0 saturated carbocycles. The van der Waals surface area contributed by atoms with Crippen molar-refractivity contribution in [1.29, 1.82) is 0 Å². The lowest BCUT2D eigenvalue weighted by Crippen LogP contribution is -1.88. The van der Waals surface area contributed by atoms with Crippen molar-refractivity contribution >= 4 is 10.8 Å². The number of benzene rings is 1. The fourth-order valence-corrected chi connectivity index (χ4v) is 1.35. The largest absolute Gasteiger partial charge is 0.261 e. The summed E-state index contributed by atoms with van der Waals surface area (Å²) in [7, 11) is 0. The standard InChI is InChI=1S/C10H7F2N.C2H6/c1-6-9-4-7(11)5-10(12)8(9)2-3-13-6;1-2/h2-5H,1H3;1-2H3. The van der Waals surface area contributed by atoms with E-state index in [-0.39, 0.29) is 0 Å². The Hall–Kier alpha value is -1.51. The average molecular weight is 209 g/mol. The summed E-state index contributed by atoms with van der Waals surface area (Å²) >= 11 is 0. The molecule has 2 aromatic rings. The van der Waals surface area contributed by atoms with Gasteiger partial charge < -0.3 is 0 Å². The molecule has 0 unspecified atom stereocenters. The van der Waals surface area contributed by atoms with Crippen LogP contribution in [0.4, 0.5) is 8.78 Å². The van der Waals surface area contributed by atoms with Gasteiger partial charge in [0.25, 0.3) is 0 Å². The number of pyridine rings is 1. The van der Waals surface area contributed by atoms with E-state index in [9.17, 15) is 8.78 Å². The zero-order valence-corrected chi connectivity index (χ0v) is 9.01. The van der Waals surface area contributed by atoms with E-state index in [0.717, 1.165) is 6.07 Å². The van der Waals surface area contributed by atoms with E-state index >= 15 is 0 Å². The maximum atomic E-state index is 13.2. The van der Waals surface area contributed by atoms with Crippen LogP contribution in [0.5, 0.6) is 0 Å². The fraction of sp³-hybridized carbons (Fsp3) is 0.250. The summed E-state index contributed by atoms with van der Waals surface area (Å²) in [4.78, 5) is 3.96. The van der Waals surface area contributed by atoms with E-state index in [1.54, 1.807) is 6.92 Å². The van der Waals surface area contributed by atoms with Crippen LogP contribution in [0.3, 0.4) is 0 Å². The number of hydrogen-bond donors (Lipinski definition) is 0. The smallest absolute Gasteiger partial charge is 0.134 e. The molecule has 0 spiro atoms. The highest BCUT2D eigenvalue weighted by Crippen LogP contribution is 2.20. The minimum atomic E-state index is -0.568. The lowest BCUT2D eigenvalue weighted by molar-refractivity contribution is 0.592. The van der Waals surface area contributed by atoms with Gasteiger partial charge in [0, 0.05) is 28.7 Å². The molecule has 0 atom stereocenters. The highest BCUT2D eigenvalue weighted by molar-refractivity contribution is 5.84. The third-order valence-electron chi connectivity index (χ3n) is 1.99. The van der Waals surface area contributed by atoms with Crippen LogP contribution in [-0.2, 0) is 0 Å². The van der Waals surface area contributed by atoms with Gasteiger partial charge in [-0.3, -0.25) is 4.98 Å².